The van der Waals surface area contributed by atoms with Crippen molar-refractivity contribution in [1.29, 1.82) is 0 Å². The van der Waals surface area contributed by atoms with Crippen LogP contribution in [0, 0.1) is 11.7 Å². The first-order valence-electron chi connectivity index (χ1n) is 8.48. The Hall–Kier alpha value is -1.66. The van der Waals surface area contributed by atoms with Crippen LogP contribution in [0.1, 0.15) is 30.6 Å². The number of rotatable bonds is 4. The van der Waals surface area contributed by atoms with E-state index in [9.17, 15) is 9.18 Å². The fraction of sp³-hybridized carbons (Fsp3) is 0.611. The Morgan fingerprint density at radius 1 is 1.42 bits per heavy atom. The van der Waals surface area contributed by atoms with Crippen molar-refractivity contribution < 1.29 is 18.7 Å². The van der Waals surface area contributed by atoms with Gasteiger partial charge in [-0.3, -0.25) is 9.69 Å². The molecule has 1 aromatic carbocycles. The molecule has 0 aliphatic carbocycles. The topological polar surface area (TPSA) is 50.8 Å². The second-order valence-corrected chi connectivity index (χ2v) is 6.97. The number of amides is 1. The molecule has 3 rings (SSSR count). The number of hydrogen-bond acceptors (Lipinski definition) is 4. The summed E-state index contributed by atoms with van der Waals surface area (Å²) in [6.45, 7) is 6.79. The van der Waals surface area contributed by atoms with Gasteiger partial charge in [-0.05, 0) is 24.5 Å². The minimum atomic E-state index is -0.418. The van der Waals surface area contributed by atoms with Crippen LogP contribution in [0.2, 0.25) is 0 Å². The van der Waals surface area contributed by atoms with Crippen LogP contribution in [0.3, 0.4) is 0 Å². The lowest BCUT2D eigenvalue weighted by molar-refractivity contribution is -0.0683. The predicted molar refractivity (Wildman–Crippen MR) is 88.8 cm³/mol. The fourth-order valence-corrected chi connectivity index (χ4v) is 3.52. The molecule has 0 unspecified atom stereocenters. The summed E-state index contributed by atoms with van der Waals surface area (Å²) >= 11 is 0. The van der Waals surface area contributed by atoms with E-state index < -0.39 is 5.82 Å². The average Bonchev–Trinajstić information content (AvgIpc) is 2.95. The lowest BCUT2D eigenvalue weighted by Crippen LogP contribution is -2.48. The summed E-state index contributed by atoms with van der Waals surface area (Å²) in [6, 6.07) is 4.40. The summed E-state index contributed by atoms with van der Waals surface area (Å²) in [5.74, 6) is 0.103. The van der Waals surface area contributed by atoms with Crippen LogP contribution in [0.15, 0.2) is 18.2 Å². The second kappa shape index (κ2) is 7.07. The summed E-state index contributed by atoms with van der Waals surface area (Å²) in [4.78, 5) is 14.9. The van der Waals surface area contributed by atoms with Crippen molar-refractivity contribution in [2.75, 3.05) is 26.8 Å². The minimum absolute atomic E-state index is 0.0757. The Bertz CT molecular complexity index is 608. The van der Waals surface area contributed by atoms with Crippen molar-refractivity contribution in [3.63, 3.8) is 0 Å². The third-order valence-electron chi connectivity index (χ3n) is 4.93. The van der Waals surface area contributed by atoms with Gasteiger partial charge >= 0.3 is 0 Å². The molecule has 1 aromatic rings. The molecule has 2 fully saturated rings. The van der Waals surface area contributed by atoms with E-state index in [1.54, 1.807) is 0 Å². The monoisotopic (exact) mass is 336 g/mol. The van der Waals surface area contributed by atoms with E-state index in [0.29, 0.717) is 17.5 Å². The van der Waals surface area contributed by atoms with Gasteiger partial charge < -0.3 is 14.8 Å². The molecule has 2 aliphatic heterocycles. The molecule has 0 spiro atoms. The molecule has 0 aromatic heterocycles. The van der Waals surface area contributed by atoms with Crippen LogP contribution in [-0.2, 0) is 4.74 Å². The Balaban J connectivity index is 1.62. The van der Waals surface area contributed by atoms with Gasteiger partial charge in [0, 0.05) is 31.2 Å². The number of carbonyl (C=O) groups excluding carboxylic acids is 1. The smallest absolute Gasteiger partial charge is 0.255 e. The number of fused-ring (bicyclic) bond motifs is 1. The van der Waals surface area contributed by atoms with Crippen molar-refractivity contribution in [3.8, 4) is 5.75 Å². The SMILES string of the molecule is COc1cc(F)ccc1C(=O)N[C@H]1C[C@H]2CO[C@H](C(C)C)CN2C1. The van der Waals surface area contributed by atoms with Gasteiger partial charge in [-0.2, -0.15) is 0 Å². The van der Waals surface area contributed by atoms with E-state index >= 15 is 0 Å². The molecular formula is C18H25FN2O3. The summed E-state index contributed by atoms with van der Waals surface area (Å²) < 4.78 is 24.3. The molecule has 1 amide bonds. The number of nitrogens with zero attached hydrogens (tertiary/aromatic N) is 1. The first kappa shape index (κ1) is 17.2. The van der Waals surface area contributed by atoms with Gasteiger partial charge in [0.2, 0.25) is 0 Å². The molecule has 132 valence electrons. The zero-order valence-corrected chi connectivity index (χ0v) is 14.4. The van der Waals surface area contributed by atoms with Crippen molar-refractivity contribution in [2.45, 2.75) is 38.5 Å². The van der Waals surface area contributed by atoms with E-state index in [-0.39, 0.29) is 23.8 Å². The predicted octanol–water partition coefficient (Wildman–Crippen LogP) is 2.06. The molecule has 0 saturated carbocycles. The maximum Gasteiger partial charge on any atom is 0.255 e. The Morgan fingerprint density at radius 3 is 2.92 bits per heavy atom. The maximum atomic E-state index is 13.3. The highest BCUT2D eigenvalue weighted by molar-refractivity contribution is 5.97. The molecule has 1 N–H and O–H groups in total. The lowest BCUT2D eigenvalue weighted by atomic mass is 10.0. The van der Waals surface area contributed by atoms with Crippen molar-refractivity contribution >= 4 is 5.91 Å². The van der Waals surface area contributed by atoms with Gasteiger partial charge in [0.15, 0.2) is 0 Å². The lowest BCUT2D eigenvalue weighted by Gasteiger charge is -2.36. The largest absolute Gasteiger partial charge is 0.496 e. The zero-order valence-electron chi connectivity index (χ0n) is 14.4. The van der Waals surface area contributed by atoms with Gasteiger partial charge in [0.25, 0.3) is 5.91 Å². The average molecular weight is 336 g/mol. The molecular weight excluding hydrogens is 311 g/mol. The first-order chi connectivity index (χ1) is 11.5. The highest BCUT2D eigenvalue weighted by Crippen LogP contribution is 2.26. The molecule has 6 heteroatoms. The minimum Gasteiger partial charge on any atom is -0.496 e. The molecule has 2 heterocycles. The molecule has 0 bridgehead atoms. The maximum absolute atomic E-state index is 13.3. The van der Waals surface area contributed by atoms with Crippen LogP contribution in [-0.4, -0.2) is 55.8 Å². The van der Waals surface area contributed by atoms with Gasteiger partial charge in [0.05, 0.1) is 25.4 Å². The number of ether oxygens (including phenoxy) is 2. The van der Waals surface area contributed by atoms with Crippen LogP contribution < -0.4 is 10.1 Å². The third kappa shape index (κ3) is 3.54. The molecule has 5 nitrogen and oxygen atoms in total. The third-order valence-corrected chi connectivity index (χ3v) is 4.93. The number of hydrogen-bond donors (Lipinski definition) is 1. The van der Waals surface area contributed by atoms with Gasteiger partial charge in [-0.15, -0.1) is 0 Å². The van der Waals surface area contributed by atoms with Gasteiger partial charge in [0.1, 0.15) is 11.6 Å². The molecule has 2 saturated heterocycles. The number of carbonyl (C=O) groups is 1. The van der Waals surface area contributed by atoms with Crippen LogP contribution in [0.5, 0.6) is 5.75 Å². The number of morpholine rings is 1. The van der Waals surface area contributed by atoms with Crippen molar-refractivity contribution in [2.24, 2.45) is 5.92 Å². The summed E-state index contributed by atoms with van der Waals surface area (Å²) in [5, 5.41) is 3.05. The second-order valence-electron chi connectivity index (χ2n) is 6.97. The standard InChI is InChI=1S/C18H25FN2O3/c1-11(2)17-9-21-8-13(7-14(21)10-24-17)20-18(22)15-5-4-12(19)6-16(15)23-3/h4-6,11,13-14,17H,7-10H2,1-3H3,(H,20,22)/t13-,14-,17-/m0/s1. The Kier molecular flexibility index (Phi) is 5.06. The number of halogens is 1. The highest BCUT2D eigenvalue weighted by atomic mass is 19.1. The van der Waals surface area contributed by atoms with E-state index in [0.717, 1.165) is 26.1 Å². The molecule has 2 aliphatic rings. The van der Waals surface area contributed by atoms with Crippen LogP contribution >= 0.6 is 0 Å². The molecule has 0 radical (unpaired) electrons. The van der Waals surface area contributed by atoms with E-state index in [1.807, 2.05) is 0 Å². The van der Waals surface area contributed by atoms with Crippen molar-refractivity contribution in [1.82, 2.24) is 10.2 Å². The quantitative estimate of drug-likeness (QED) is 0.914. The van der Waals surface area contributed by atoms with E-state index in [1.165, 1.54) is 25.3 Å². The molecule has 24 heavy (non-hydrogen) atoms. The summed E-state index contributed by atoms with van der Waals surface area (Å²) in [5.41, 5.74) is 0.361. The summed E-state index contributed by atoms with van der Waals surface area (Å²) in [7, 11) is 1.44. The van der Waals surface area contributed by atoms with E-state index in [2.05, 4.69) is 24.1 Å². The summed E-state index contributed by atoms with van der Waals surface area (Å²) in [6.07, 6.45) is 1.13. The van der Waals surface area contributed by atoms with Gasteiger partial charge in [-0.1, -0.05) is 13.8 Å². The first-order valence-corrected chi connectivity index (χ1v) is 8.48. The Morgan fingerprint density at radius 2 is 2.21 bits per heavy atom. The van der Waals surface area contributed by atoms with E-state index in [4.69, 9.17) is 9.47 Å². The van der Waals surface area contributed by atoms with Gasteiger partial charge in [-0.25, -0.2) is 4.39 Å². The van der Waals surface area contributed by atoms with Crippen molar-refractivity contribution in [3.05, 3.63) is 29.6 Å². The Labute approximate surface area is 142 Å². The fourth-order valence-electron chi connectivity index (χ4n) is 3.52. The highest BCUT2D eigenvalue weighted by Gasteiger charge is 2.38. The number of methoxy groups -OCH3 is 1. The zero-order chi connectivity index (χ0) is 17.3. The normalized spacial score (nSPS) is 27.1. The van der Waals surface area contributed by atoms with Crippen LogP contribution in [0.25, 0.3) is 0 Å². The molecule has 3 atom stereocenters. The van der Waals surface area contributed by atoms with Crippen LogP contribution in [0.4, 0.5) is 4.39 Å². The number of nitrogens with one attached hydrogen (secondary N) is 1. The number of benzene rings is 1.